The smallest absolute Gasteiger partial charge is 0.225 e. The Morgan fingerprint density at radius 2 is 2.24 bits per heavy atom. The van der Waals surface area contributed by atoms with Crippen LogP contribution in [-0.4, -0.2) is 50.8 Å². The highest BCUT2D eigenvalue weighted by Crippen LogP contribution is 2.23. The van der Waals surface area contributed by atoms with E-state index in [2.05, 4.69) is 20.3 Å². The van der Waals surface area contributed by atoms with E-state index < -0.39 is 0 Å². The SMILES string of the molecule is CCc1nc([C@H]2CN(C(=O)[C@@H](C)Cc3c(C)noc3C)CCO2)n[nH]1. The zero-order valence-corrected chi connectivity index (χ0v) is 15.2. The number of nitrogens with zero attached hydrogens (tertiary/aromatic N) is 4. The van der Waals surface area contributed by atoms with Crippen LogP contribution in [0.1, 0.15) is 48.6 Å². The van der Waals surface area contributed by atoms with Crippen molar-refractivity contribution < 1.29 is 14.1 Å². The van der Waals surface area contributed by atoms with Crippen molar-refractivity contribution in [2.75, 3.05) is 19.7 Å². The molecular weight excluding hydrogens is 322 g/mol. The summed E-state index contributed by atoms with van der Waals surface area (Å²) < 4.78 is 11.0. The standard InChI is InChI=1S/C17H25N5O3/c1-5-15-18-16(20-19-15)14-9-22(6-7-24-14)17(23)10(2)8-13-11(3)21-25-12(13)4/h10,14H,5-9H2,1-4H3,(H,18,19,20)/t10-,14+/m0/s1. The molecule has 1 N–H and O–H groups in total. The van der Waals surface area contributed by atoms with Crippen LogP contribution in [0.3, 0.4) is 0 Å². The number of amides is 1. The Hall–Kier alpha value is -2.22. The number of rotatable bonds is 5. The van der Waals surface area contributed by atoms with Gasteiger partial charge in [-0.25, -0.2) is 4.98 Å². The minimum atomic E-state index is -0.277. The summed E-state index contributed by atoms with van der Waals surface area (Å²) in [4.78, 5) is 19.1. The van der Waals surface area contributed by atoms with Crippen molar-refractivity contribution in [2.45, 2.75) is 46.6 Å². The summed E-state index contributed by atoms with van der Waals surface area (Å²) >= 11 is 0. The van der Waals surface area contributed by atoms with Gasteiger partial charge in [0.2, 0.25) is 5.91 Å². The van der Waals surface area contributed by atoms with E-state index in [0.717, 1.165) is 29.3 Å². The Balaban J connectivity index is 1.65. The van der Waals surface area contributed by atoms with Crippen LogP contribution in [0.25, 0.3) is 0 Å². The molecule has 3 heterocycles. The largest absolute Gasteiger partial charge is 0.366 e. The maximum atomic E-state index is 12.9. The summed E-state index contributed by atoms with van der Waals surface area (Å²) in [5.74, 6) is 2.19. The predicted octanol–water partition coefficient (Wildman–Crippen LogP) is 1.75. The molecule has 0 radical (unpaired) electrons. The van der Waals surface area contributed by atoms with Crippen molar-refractivity contribution in [1.82, 2.24) is 25.2 Å². The first-order chi connectivity index (χ1) is 12.0. The normalized spacial score (nSPS) is 19.2. The van der Waals surface area contributed by atoms with E-state index in [1.807, 2.05) is 32.6 Å². The third-order valence-electron chi connectivity index (χ3n) is 4.66. The summed E-state index contributed by atoms with van der Waals surface area (Å²) in [5.41, 5.74) is 1.87. The zero-order chi connectivity index (χ0) is 18.0. The molecule has 8 heteroatoms. The van der Waals surface area contributed by atoms with Gasteiger partial charge in [-0.15, -0.1) is 0 Å². The molecule has 0 saturated carbocycles. The molecule has 0 unspecified atom stereocenters. The quantitative estimate of drug-likeness (QED) is 0.885. The number of aryl methyl sites for hydroxylation is 3. The maximum absolute atomic E-state index is 12.9. The molecule has 0 spiro atoms. The lowest BCUT2D eigenvalue weighted by atomic mass is 9.98. The van der Waals surface area contributed by atoms with Crippen LogP contribution in [0.5, 0.6) is 0 Å². The first kappa shape index (κ1) is 17.6. The summed E-state index contributed by atoms with van der Waals surface area (Å²) in [5, 5.41) is 11.1. The Morgan fingerprint density at radius 3 is 2.88 bits per heavy atom. The first-order valence-electron chi connectivity index (χ1n) is 8.72. The van der Waals surface area contributed by atoms with Gasteiger partial charge in [-0.3, -0.25) is 9.89 Å². The first-order valence-corrected chi connectivity index (χ1v) is 8.72. The van der Waals surface area contributed by atoms with Crippen LogP contribution in [0.4, 0.5) is 0 Å². The third kappa shape index (κ3) is 3.73. The molecule has 1 aliphatic rings. The second kappa shape index (κ2) is 7.35. The van der Waals surface area contributed by atoms with Gasteiger partial charge in [-0.05, 0) is 20.3 Å². The van der Waals surface area contributed by atoms with Gasteiger partial charge >= 0.3 is 0 Å². The molecule has 1 saturated heterocycles. The van der Waals surface area contributed by atoms with E-state index in [-0.39, 0.29) is 17.9 Å². The molecule has 2 aromatic rings. The van der Waals surface area contributed by atoms with Crippen molar-refractivity contribution in [3.8, 4) is 0 Å². The van der Waals surface area contributed by atoms with Gasteiger partial charge in [0.15, 0.2) is 5.82 Å². The number of aromatic amines is 1. The summed E-state index contributed by atoms with van der Waals surface area (Å²) in [6, 6.07) is 0. The molecule has 3 rings (SSSR count). The van der Waals surface area contributed by atoms with Crippen LogP contribution in [0, 0.1) is 19.8 Å². The molecule has 2 aromatic heterocycles. The molecule has 136 valence electrons. The molecule has 0 bridgehead atoms. The maximum Gasteiger partial charge on any atom is 0.225 e. The van der Waals surface area contributed by atoms with Gasteiger partial charge < -0.3 is 14.2 Å². The molecular formula is C17H25N5O3. The van der Waals surface area contributed by atoms with Crippen molar-refractivity contribution in [3.63, 3.8) is 0 Å². The van der Waals surface area contributed by atoms with Gasteiger partial charge in [-0.1, -0.05) is 19.0 Å². The molecule has 25 heavy (non-hydrogen) atoms. The van der Waals surface area contributed by atoms with Crippen LogP contribution >= 0.6 is 0 Å². The average Bonchev–Trinajstić information content (AvgIpc) is 3.23. The number of morpholine rings is 1. The Morgan fingerprint density at radius 1 is 1.44 bits per heavy atom. The fraction of sp³-hybridized carbons (Fsp3) is 0.647. The van der Waals surface area contributed by atoms with E-state index in [1.165, 1.54) is 0 Å². The molecule has 0 aliphatic carbocycles. The second-order valence-electron chi connectivity index (χ2n) is 6.55. The van der Waals surface area contributed by atoms with Gasteiger partial charge in [0, 0.05) is 24.4 Å². The van der Waals surface area contributed by atoms with E-state index in [9.17, 15) is 4.79 Å². The molecule has 1 amide bonds. The number of nitrogens with one attached hydrogen (secondary N) is 1. The Labute approximate surface area is 146 Å². The fourth-order valence-electron chi connectivity index (χ4n) is 3.12. The molecule has 2 atom stereocenters. The number of H-pyrrole nitrogens is 1. The van der Waals surface area contributed by atoms with Crippen LogP contribution in [0.2, 0.25) is 0 Å². The van der Waals surface area contributed by atoms with E-state index in [4.69, 9.17) is 9.26 Å². The van der Waals surface area contributed by atoms with Crippen molar-refractivity contribution in [3.05, 3.63) is 28.7 Å². The third-order valence-corrected chi connectivity index (χ3v) is 4.66. The molecule has 1 fully saturated rings. The van der Waals surface area contributed by atoms with E-state index >= 15 is 0 Å². The van der Waals surface area contributed by atoms with Gasteiger partial charge in [0.05, 0.1) is 18.8 Å². The van der Waals surface area contributed by atoms with Gasteiger partial charge in [0.25, 0.3) is 0 Å². The summed E-state index contributed by atoms with van der Waals surface area (Å²) in [6.07, 6.45) is 1.14. The lowest BCUT2D eigenvalue weighted by Crippen LogP contribution is -2.45. The molecule has 0 aromatic carbocycles. The number of ether oxygens (including phenoxy) is 1. The Kier molecular flexibility index (Phi) is 5.17. The highest BCUT2D eigenvalue weighted by molar-refractivity contribution is 5.79. The topological polar surface area (TPSA) is 97.1 Å². The number of carbonyl (C=O) groups excluding carboxylic acids is 1. The molecule has 8 nitrogen and oxygen atoms in total. The summed E-state index contributed by atoms with van der Waals surface area (Å²) in [6.45, 7) is 9.30. The predicted molar refractivity (Wildman–Crippen MR) is 89.9 cm³/mol. The van der Waals surface area contributed by atoms with E-state index in [0.29, 0.717) is 31.9 Å². The lowest BCUT2D eigenvalue weighted by Gasteiger charge is -2.33. The number of hydrogen-bond donors (Lipinski definition) is 1. The van der Waals surface area contributed by atoms with Crippen LogP contribution < -0.4 is 0 Å². The fourth-order valence-corrected chi connectivity index (χ4v) is 3.12. The minimum absolute atomic E-state index is 0.111. The molecule has 1 aliphatic heterocycles. The van der Waals surface area contributed by atoms with Crippen LogP contribution in [-0.2, 0) is 22.4 Å². The van der Waals surface area contributed by atoms with E-state index in [1.54, 1.807) is 0 Å². The van der Waals surface area contributed by atoms with Crippen molar-refractivity contribution in [2.24, 2.45) is 5.92 Å². The Bertz CT molecular complexity index is 719. The zero-order valence-electron chi connectivity index (χ0n) is 15.2. The van der Waals surface area contributed by atoms with Gasteiger partial charge in [-0.2, -0.15) is 5.10 Å². The van der Waals surface area contributed by atoms with Gasteiger partial charge in [0.1, 0.15) is 17.7 Å². The van der Waals surface area contributed by atoms with Crippen molar-refractivity contribution >= 4 is 5.91 Å². The van der Waals surface area contributed by atoms with Crippen molar-refractivity contribution in [1.29, 1.82) is 0 Å². The number of hydrogen-bond acceptors (Lipinski definition) is 6. The van der Waals surface area contributed by atoms with Crippen LogP contribution in [0.15, 0.2) is 4.52 Å². The highest BCUT2D eigenvalue weighted by atomic mass is 16.5. The lowest BCUT2D eigenvalue weighted by molar-refractivity contribution is -0.143. The monoisotopic (exact) mass is 347 g/mol. The highest BCUT2D eigenvalue weighted by Gasteiger charge is 2.31. The number of aromatic nitrogens is 4. The minimum Gasteiger partial charge on any atom is -0.366 e. The number of carbonyl (C=O) groups is 1. The average molecular weight is 347 g/mol. The second-order valence-corrected chi connectivity index (χ2v) is 6.55. The summed E-state index contributed by atoms with van der Waals surface area (Å²) in [7, 11) is 0.